The van der Waals surface area contributed by atoms with Crippen LogP contribution in [0.5, 0.6) is 0 Å². The van der Waals surface area contributed by atoms with Gasteiger partial charge >= 0.3 is 0 Å². The summed E-state index contributed by atoms with van der Waals surface area (Å²) in [6.45, 7) is 4.31. The highest BCUT2D eigenvalue weighted by Crippen LogP contribution is 2.16. The van der Waals surface area contributed by atoms with Crippen LogP contribution in [0, 0.1) is 0 Å². The van der Waals surface area contributed by atoms with Crippen molar-refractivity contribution in [3.63, 3.8) is 0 Å². The standard InChI is InChI=1S/C10H16OS2/c1-8(2)13-7-9(11)6-10-4-3-5-12-10/h3-5,8-9,11H,6-7H2,1-2H3. The summed E-state index contributed by atoms with van der Waals surface area (Å²) in [5.41, 5.74) is 0. The van der Waals surface area contributed by atoms with Crippen LogP contribution >= 0.6 is 23.1 Å². The number of hydrogen-bond donors (Lipinski definition) is 1. The SMILES string of the molecule is CC(C)SCC(O)Cc1cccs1. The summed E-state index contributed by atoms with van der Waals surface area (Å²) in [6.07, 6.45) is 0.614. The number of thiophene rings is 1. The van der Waals surface area contributed by atoms with E-state index in [0.717, 1.165) is 12.2 Å². The fraction of sp³-hybridized carbons (Fsp3) is 0.600. The lowest BCUT2D eigenvalue weighted by atomic mass is 10.2. The number of aliphatic hydroxyl groups excluding tert-OH is 1. The van der Waals surface area contributed by atoms with Gasteiger partial charge in [-0.25, -0.2) is 0 Å². The number of hydrogen-bond acceptors (Lipinski definition) is 3. The Hall–Kier alpha value is 0.01000. The largest absolute Gasteiger partial charge is 0.392 e. The van der Waals surface area contributed by atoms with E-state index >= 15 is 0 Å². The minimum Gasteiger partial charge on any atom is -0.392 e. The van der Waals surface area contributed by atoms with Gasteiger partial charge in [-0.2, -0.15) is 11.8 Å². The highest BCUT2D eigenvalue weighted by molar-refractivity contribution is 7.99. The molecular weight excluding hydrogens is 200 g/mol. The summed E-state index contributed by atoms with van der Waals surface area (Å²) in [5, 5.41) is 12.3. The van der Waals surface area contributed by atoms with E-state index in [1.54, 1.807) is 11.3 Å². The van der Waals surface area contributed by atoms with Crippen LogP contribution in [0.2, 0.25) is 0 Å². The van der Waals surface area contributed by atoms with Crippen molar-refractivity contribution in [3.8, 4) is 0 Å². The van der Waals surface area contributed by atoms with Gasteiger partial charge in [-0.05, 0) is 16.7 Å². The lowest BCUT2D eigenvalue weighted by molar-refractivity contribution is 0.201. The van der Waals surface area contributed by atoms with E-state index in [1.165, 1.54) is 4.88 Å². The maximum absolute atomic E-state index is 9.66. The molecule has 1 aromatic heterocycles. The van der Waals surface area contributed by atoms with Crippen molar-refractivity contribution >= 4 is 23.1 Å². The summed E-state index contributed by atoms with van der Waals surface area (Å²) < 4.78 is 0. The van der Waals surface area contributed by atoms with Crippen molar-refractivity contribution in [2.45, 2.75) is 31.6 Å². The first-order chi connectivity index (χ1) is 6.18. The van der Waals surface area contributed by atoms with Gasteiger partial charge in [0, 0.05) is 17.1 Å². The molecule has 1 nitrogen and oxygen atoms in total. The highest BCUT2D eigenvalue weighted by Gasteiger charge is 2.07. The predicted molar refractivity (Wildman–Crippen MR) is 61.6 cm³/mol. The van der Waals surface area contributed by atoms with Crippen molar-refractivity contribution < 1.29 is 5.11 Å². The zero-order chi connectivity index (χ0) is 9.68. The molecule has 0 bridgehead atoms. The minimum absolute atomic E-state index is 0.189. The van der Waals surface area contributed by atoms with E-state index < -0.39 is 0 Å². The van der Waals surface area contributed by atoms with E-state index in [2.05, 4.69) is 25.3 Å². The summed E-state index contributed by atoms with van der Waals surface area (Å²) in [6, 6.07) is 4.11. The topological polar surface area (TPSA) is 20.2 Å². The lowest BCUT2D eigenvalue weighted by Gasteiger charge is -2.10. The van der Waals surface area contributed by atoms with Crippen LogP contribution in [0.25, 0.3) is 0 Å². The van der Waals surface area contributed by atoms with Gasteiger partial charge in [-0.3, -0.25) is 0 Å². The molecule has 1 N–H and O–H groups in total. The summed E-state index contributed by atoms with van der Waals surface area (Å²) >= 11 is 3.53. The highest BCUT2D eigenvalue weighted by atomic mass is 32.2. The van der Waals surface area contributed by atoms with Crippen LogP contribution in [0.15, 0.2) is 17.5 Å². The molecule has 1 unspecified atom stereocenters. The van der Waals surface area contributed by atoms with Crippen LogP contribution in [0.4, 0.5) is 0 Å². The summed E-state index contributed by atoms with van der Waals surface area (Å²) in [4.78, 5) is 1.27. The van der Waals surface area contributed by atoms with Gasteiger partial charge < -0.3 is 5.11 Å². The van der Waals surface area contributed by atoms with Gasteiger partial charge in [0.1, 0.15) is 0 Å². The molecule has 0 saturated heterocycles. The fourth-order valence-corrected chi connectivity index (χ4v) is 2.53. The minimum atomic E-state index is -0.189. The summed E-state index contributed by atoms with van der Waals surface area (Å²) in [5.74, 6) is 0.843. The van der Waals surface area contributed by atoms with Crippen molar-refractivity contribution in [3.05, 3.63) is 22.4 Å². The Bertz CT molecular complexity index is 219. The van der Waals surface area contributed by atoms with E-state index in [1.807, 2.05) is 17.8 Å². The molecule has 0 aliphatic heterocycles. The molecule has 1 aromatic rings. The molecule has 1 heterocycles. The molecule has 0 aliphatic carbocycles. The molecule has 0 amide bonds. The first kappa shape index (κ1) is 11.1. The first-order valence-electron chi connectivity index (χ1n) is 4.50. The third kappa shape index (κ3) is 4.69. The maximum atomic E-state index is 9.66. The lowest BCUT2D eigenvalue weighted by Crippen LogP contribution is -2.14. The van der Waals surface area contributed by atoms with Gasteiger partial charge in [0.15, 0.2) is 0 Å². The van der Waals surface area contributed by atoms with Crippen molar-refractivity contribution in [1.82, 2.24) is 0 Å². The Morgan fingerprint density at radius 2 is 2.31 bits per heavy atom. The van der Waals surface area contributed by atoms with Crippen LogP contribution in [0.3, 0.4) is 0 Å². The molecule has 74 valence electrons. The number of aliphatic hydroxyl groups is 1. The van der Waals surface area contributed by atoms with Crippen LogP contribution in [-0.4, -0.2) is 22.2 Å². The van der Waals surface area contributed by atoms with Crippen molar-refractivity contribution in [1.29, 1.82) is 0 Å². The van der Waals surface area contributed by atoms with Crippen LogP contribution < -0.4 is 0 Å². The Morgan fingerprint density at radius 1 is 1.54 bits per heavy atom. The average molecular weight is 216 g/mol. The molecular formula is C10H16OS2. The van der Waals surface area contributed by atoms with E-state index in [4.69, 9.17) is 0 Å². The van der Waals surface area contributed by atoms with E-state index in [-0.39, 0.29) is 6.10 Å². The average Bonchev–Trinajstić information content (AvgIpc) is 2.53. The number of rotatable bonds is 5. The molecule has 1 atom stereocenters. The van der Waals surface area contributed by atoms with Crippen molar-refractivity contribution in [2.24, 2.45) is 0 Å². The second kappa shape index (κ2) is 5.68. The van der Waals surface area contributed by atoms with Gasteiger partial charge in [0.2, 0.25) is 0 Å². The Balaban J connectivity index is 2.22. The quantitative estimate of drug-likeness (QED) is 0.816. The molecule has 3 heteroatoms. The third-order valence-corrected chi connectivity index (χ3v) is 3.78. The van der Waals surface area contributed by atoms with Gasteiger partial charge in [0.25, 0.3) is 0 Å². The monoisotopic (exact) mass is 216 g/mol. The Morgan fingerprint density at radius 3 is 2.85 bits per heavy atom. The van der Waals surface area contributed by atoms with Gasteiger partial charge in [0.05, 0.1) is 6.10 Å². The predicted octanol–water partition coefficient (Wildman–Crippen LogP) is 2.79. The van der Waals surface area contributed by atoms with E-state index in [9.17, 15) is 5.11 Å². The zero-order valence-corrected chi connectivity index (χ0v) is 9.70. The number of thioether (sulfide) groups is 1. The van der Waals surface area contributed by atoms with E-state index in [0.29, 0.717) is 5.25 Å². The Kier molecular flexibility index (Phi) is 4.84. The molecule has 0 radical (unpaired) electrons. The molecule has 0 spiro atoms. The normalized spacial score (nSPS) is 13.5. The third-order valence-electron chi connectivity index (χ3n) is 1.64. The fourth-order valence-electron chi connectivity index (χ4n) is 1.02. The molecule has 1 rings (SSSR count). The van der Waals surface area contributed by atoms with Gasteiger partial charge in [-0.1, -0.05) is 19.9 Å². The molecule has 0 aromatic carbocycles. The van der Waals surface area contributed by atoms with Gasteiger partial charge in [-0.15, -0.1) is 11.3 Å². The van der Waals surface area contributed by atoms with Crippen molar-refractivity contribution in [2.75, 3.05) is 5.75 Å². The van der Waals surface area contributed by atoms with Crippen LogP contribution in [0.1, 0.15) is 18.7 Å². The maximum Gasteiger partial charge on any atom is 0.0678 e. The molecule has 0 fully saturated rings. The molecule has 0 aliphatic rings. The first-order valence-corrected chi connectivity index (χ1v) is 6.43. The second-order valence-corrected chi connectivity index (χ2v) is 5.96. The second-order valence-electron chi connectivity index (χ2n) is 3.32. The summed E-state index contributed by atoms with van der Waals surface area (Å²) in [7, 11) is 0. The molecule has 13 heavy (non-hydrogen) atoms. The Labute approximate surface area is 88.2 Å². The van der Waals surface area contributed by atoms with Crippen LogP contribution in [-0.2, 0) is 6.42 Å². The smallest absolute Gasteiger partial charge is 0.0678 e. The molecule has 0 saturated carbocycles. The zero-order valence-electron chi connectivity index (χ0n) is 8.06.